The van der Waals surface area contributed by atoms with Gasteiger partial charge in [0.2, 0.25) is 11.8 Å². The Morgan fingerprint density at radius 3 is 2.67 bits per heavy atom. The number of hydrogen-bond donors (Lipinski definition) is 1. The minimum Gasteiger partial charge on any atom is -0.481 e. The Morgan fingerprint density at radius 2 is 1.97 bits per heavy atom. The first-order valence-corrected chi connectivity index (χ1v) is 10.6. The van der Waals surface area contributed by atoms with Crippen LogP contribution in [0.15, 0.2) is 42.5 Å². The van der Waals surface area contributed by atoms with Crippen molar-refractivity contribution in [3.05, 3.63) is 75.9 Å². The van der Waals surface area contributed by atoms with Gasteiger partial charge in [0.15, 0.2) is 5.65 Å². The normalized spacial score (nSPS) is 11.1. The number of methoxy groups -OCH3 is 1. The summed E-state index contributed by atoms with van der Waals surface area (Å²) >= 11 is 5.78. The Labute approximate surface area is 194 Å². The first-order chi connectivity index (χ1) is 15.8. The monoisotopic (exact) mass is 470 g/mol. The molecule has 0 spiro atoms. The van der Waals surface area contributed by atoms with Crippen molar-refractivity contribution in [1.29, 1.82) is 0 Å². The van der Waals surface area contributed by atoms with Crippen molar-refractivity contribution in [2.24, 2.45) is 0 Å². The van der Waals surface area contributed by atoms with Crippen molar-refractivity contribution in [1.82, 2.24) is 14.8 Å². The maximum absolute atomic E-state index is 13.8. The highest BCUT2D eigenvalue weighted by atomic mass is 35.5. The second-order valence-corrected chi connectivity index (χ2v) is 7.98. The number of carbonyl (C=O) groups is 1. The van der Waals surface area contributed by atoms with Crippen LogP contribution in [0.5, 0.6) is 5.88 Å². The van der Waals surface area contributed by atoms with Gasteiger partial charge in [-0.2, -0.15) is 10.1 Å². The van der Waals surface area contributed by atoms with Crippen molar-refractivity contribution >= 4 is 34.2 Å². The molecule has 1 N–H and O–H groups in total. The van der Waals surface area contributed by atoms with Crippen molar-refractivity contribution in [3.63, 3.8) is 0 Å². The molecule has 1 amide bonds. The number of halogens is 3. The summed E-state index contributed by atoms with van der Waals surface area (Å²) in [4.78, 5) is 17.1. The molecule has 2 aromatic heterocycles. The number of hydrogen-bond acceptors (Lipinski definition) is 4. The first-order valence-electron chi connectivity index (χ1n) is 10.2. The molecule has 170 valence electrons. The van der Waals surface area contributed by atoms with Crippen LogP contribution in [0.3, 0.4) is 0 Å². The molecule has 9 heteroatoms. The lowest BCUT2D eigenvalue weighted by Crippen LogP contribution is -2.13. The zero-order chi connectivity index (χ0) is 23.7. The molecule has 0 bridgehead atoms. The molecule has 0 radical (unpaired) electrons. The molecule has 0 fully saturated rings. The van der Waals surface area contributed by atoms with E-state index in [1.54, 1.807) is 16.8 Å². The zero-order valence-electron chi connectivity index (χ0n) is 18.2. The number of benzene rings is 2. The van der Waals surface area contributed by atoms with E-state index in [1.807, 2.05) is 13.8 Å². The van der Waals surface area contributed by atoms with Gasteiger partial charge < -0.3 is 10.1 Å². The quantitative estimate of drug-likeness (QED) is 0.401. The molecule has 0 saturated carbocycles. The summed E-state index contributed by atoms with van der Waals surface area (Å²) in [6.45, 7) is 3.78. The van der Waals surface area contributed by atoms with E-state index in [0.717, 1.165) is 22.2 Å². The van der Waals surface area contributed by atoms with E-state index >= 15 is 0 Å². The average Bonchev–Trinajstić information content (AvgIpc) is 3.12. The molecule has 0 aliphatic heterocycles. The molecule has 33 heavy (non-hydrogen) atoms. The molecule has 0 unspecified atom stereocenters. The third-order valence-corrected chi connectivity index (χ3v) is 5.67. The highest BCUT2D eigenvalue weighted by molar-refractivity contribution is 6.31. The van der Waals surface area contributed by atoms with Crippen LogP contribution >= 0.6 is 11.6 Å². The molecular formula is C24H21ClF2N4O2. The number of pyridine rings is 1. The number of amides is 1. The van der Waals surface area contributed by atoms with Gasteiger partial charge in [-0.3, -0.25) is 4.79 Å². The van der Waals surface area contributed by atoms with Crippen molar-refractivity contribution < 1.29 is 18.3 Å². The van der Waals surface area contributed by atoms with Gasteiger partial charge in [-0.25, -0.2) is 13.5 Å². The Hall–Kier alpha value is -3.52. The van der Waals surface area contributed by atoms with Crippen LogP contribution in [0.25, 0.3) is 16.7 Å². The highest BCUT2D eigenvalue weighted by Crippen LogP contribution is 2.32. The smallest absolute Gasteiger partial charge is 0.224 e. The summed E-state index contributed by atoms with van der Waals surface area (Å²) in [5.74, 6) is -0.812. The molecule has 6 nitrogen and oxygen atoms in total. The average molecular weight is 471 g/mol. The number of rotatable bonds is 6. The summed E-state index contributed by atoms with van der Waals surface area (Å²) in [7, 11) is 1.51. The second-order valence-electron chi connectivity index (χ2n) is 7.58. The van der Waals surface area contributed by atoms with Gasteiger partial charge in [0.05, 0.1) is 23.5 Å². The first kappa shape index (κ1) is 22.7. The van der Waals surface area contributed by atoms with Gasteiger partial charge in [0, 0.05) is 23.1 Å². The molecular weight excluding hydrogens is 450 g/mol. The number of aryl methyl sites for hydroxylation is 2. The zero-order valence-corrected chi connectivity index (χ0v) is 19.0. The number of aromatic nitrogens is 3. The van der Waals surface area contributed by atoms with Crippen LogP contribution in [0.1, 0.15) is 23.2 Å². The van der Waals surface area contributed by atoms with Crippen LogP contribution in [0.2, 0.25) is 5.02 Å². The Bertz CT molecular complexity index is 1370. The molecule has 0 aliphatic carbocycles. The number of anilines is 1. The third-order valence-electron chi connectivity index (χ3n) is 5.38. The van der Waals surface area contributed by atoms with Gasteiger partial charge in [-0.15, -0.1) is 0 Å². The summed E-state index contributed by atoms with van der Waals surface area (Å²) in [6, 6.07) is 10.1. The van der Waals surface area contributed by atoms with E-state index in [0.29, 0.717) is 29.3 Å². The minimum absolute atomic E-state index is 0.0641. The Morgan fingerprint density at radius 1 is 1.18 bits per heavy atom. The molecule has 0 aliphatic rings. The summed E-state index contributed by atoms with van der Waals surface area (Å²) in [5.41, 5.74) is 3.90. The van der Waals surface area contributed by atoms with Crippen molar-refractivity contribution in [3.8, 4) is 11.6 Å². The molecule has 2 heterocycles. The standard InChI is InChI=1S/C24H21ClF2N4O2/c1-13-18(8-10-21(32)28-16-7-9-20(27)19(25)12-16)24(33-3)29-23-22(13)14(2)30-31(23)17-6-4-5-15(26)11-17/h4-7,9,11-12H,8,10H2,1-3H3,(H,28,32). The Kier molecular flexibility index (Phi) is 6.29. The second kappa shape index (κ2) is 9.15. The van der Waals surface area contributed by atoms with Crippen LogP contribution in [0, 0.1) is 25.5 Å². The molecule has 4 rings (SSSR count). The number of ether oxygens (including phenoxy) is 1. The van der Waals surface area contributed by atoms with Crippen LogP contribution < -0.4 is 10.1 Å². The fourth-order valence-corrected chi connectivity index (χ4v) is 4.00. The van der Waals surface area contributed by atoms with Gasteiger partial charge in [0.1, 0.15) is 11.6 Å². The minimum atomic E-state index is -0.552. The molecule has 2 aromatic carbocycles. The van der Waals surface area contributed by atoms with Gasteiger partial charge >= 0.3 is 0 Å². The fourth-order valence-electron chi connectivity index (χ4n) is 3.82. The maximum atomic E-state index is 13.8. The summed E-state index contributed by atoms with van der Waals surface area (Å²) in [5, 5.41) is 8.02. The van der Waals surface area contributed by atoms with Gasteiger partial charge in [-0.1, -0.05) is 17.7 Å². The predicted octanol–water partition coefficient (Wildman–Crippen LogP) is 5.55. The third kappa shape index (κ3) is 4.52. The number of carbonyl (C=O) groups excluding carboxylic acids is 1. The summed E-state index contributed by atoms with van der Waals surface area (Å²) < 4.78 is 34.2. The predicted molar refractivity (Wildman–Crippen MR) is 123 cm³/mol. The molecule has 0 atom stereocenters. The van der Waals surface area contributed by atoms with Crippen LogP contribution in [0.4, 0.5) is 14.5 Å². The highest BCUT2D eigenvalue weighted by Gasteiger charge is 2.20. The topological polar surface area (TPSA) is 69.0 Å². The van der Waals surface area contributed by atoms with Crippen molar-refractivity contribution in [2.45, 2.75) is 26.7 Å². The van der Waals surface area contributed by atoms with Gasteiger partial charge in [0.25, 0.3) is 0 Å². The van der Waals surface area contributed by atoms with E-state index < -0.39 is 5.82 Å². The SMILES string of the molecule is COc1nc2c(c(C)nn2-c2cccc(F)c2)c(C)c1CCC(=O)Nc1ccc(F)c(Cl)c1. The maximum Gasteiger partial charge on any atom is 0.224 e. The fraction of sp³-hybridized carbons (Fsp3) is 0.208. The summed E-state index contributed by atoms with van der Waals surface area (Å²) in [6.07, 6.45) is 0.514. The van der Waals surface area contributed by atoms with Crippen molar-refractivity contribution in [2.75, 3.05) is 12.4 Å². The van der Waals surface area contributed by atoms with E-state index in [4.69, 9.17) is 16.3 Å². The lowest BCUT2D eigenvalue weighted by molar-refractivity contribution is -0.116. The Balaban J connectivity index is 1.64. The molecule has 0 saturated heterocycles. The van der Waals surface area contributed by atoms with Crippen LogP contribution in [-0.2, 0) is 11.2 Å². The number of nitrogens with one attached hydrogen (secondary N) is 1. The van der Waals surface area contributed by atoms with E-state index in [-0.39, 0.29) is 23.2 Å². The number of fused-ring (bicyclic) bond motifs is 1. The lowest BCUT2D eigenvalue weighted by atomic mass is 10.0. The van der Waals surface area contributed by atoms with E-state index in [2.05, 4.69) is 15.4 Å². The largest absolute Gasteiger partial charge is 0.481 e. The lowest BCUT2D eigenvalue weighted by Gasteiger charge is -2.13. The van der Waals surface area contributed by atoms with Crippen LogP contribution in [-0.4, -0.2) is 27.8 Å². The van der Waals surface area contributed by atoms with E-state index in [1.165, 1.54) is 37.4 Å². The molecule has 4 aromatic rings. The van der Waals surface area contributed by atoms with E-state index in [9.17, 15) is 13.6 Å². The van der Waals surface area contributed by atoms with Gasteiger partial charge in [-0.05, 0) is 62.2 Å². The number of nitrogens with zero attached hydrogens (tertiary/aromatic N) is 3.